The first-order valence-corrected chi connectivity index (χ1v) is 8.68. The van der Waals surface area contributed by atoms with Gasteiger partial charge in [0.2, 0.25) is 0 Å². The van der Waals surface area contributed by atoms with Crippen molar-refractivity contribution < 1.29 is 12.8 Å². The molecule has 108 valence electrons. The Labute approximate surface area is 125 Å². The molecule has 2 N–H and O–H groups in total. The van der Waals surface area contributed by atoms with Crippen LogP contribution in [0.3, 0.4) is 0 Å². The van der Waals surface area contributed by atoms with E-state index in [9.17, 15) is 12.8 Å². The van der Waals surface area contributed by atoms with E-state index >= 15 is 0 Å². The van der Waals surface area contributed by atoms with Crippen LogP contribution < -0.4 is 5.73 Å². The predicted molar refractivity (Wildman–Crippen MR) is 78.8 cm³/mol. The lowest BCUT2D eigenvalue weighted by Crippen LogP contribution is -2.50. The Kier molecular flexibility index (Phi) is 2.83. The minimum Gasteiger partial charge on any atom is -0.386 e. The van der Waals surface area contributed by atoms with Gasteiger partial charge < -0.3 is 5.73 Å². The van der Waals surface area contributed by atoms with Gasteiger partial charge in [-0.05, 0) is 38.0 Å². The summed E-state index contributed by atoms with van der Waals surface area (Å²) in [5.41, 5.74) is 4.96. The molecule has 0 radical (unpaired) electrons. The Hall–Kier alpha value is -0.950. The van der Waals surface area contributed by atoms with Crippen LogP contribution in [-0.4, -0.2) is 24.8 Å². The summed E-state index contributed by atoms with van der Waals surface area (Å²) in [6.45, 7) is 1.61. The second-order valence-corrected chi connectivity index (χ2v) is 8.86. The van der Waals surface area contributed by atoms with Crippen LogP contribution in [0.25, 0.3) is 0 Å². The van der Waals surface area contributed by atoms with Crippen LogP contribution in [0.15, 0.2) is 27.7 Å². The molecule has 1 heterocycles. The topological polar surface area (TPSA) is 72.5 Å². The third-order valence-corrected chi connectivity index (χ3v) is 7.36. The first kappa shape index (κ1) is 14.0. The second-order valence-electron chi connectivity index (χ2n) is 5.65. The van der Waals surface area contributed by atoms with Crippen LogP contribution in [0.4, 0.5) is 4.39 Å². The van der Waals surface area contributed by atoms with Crippen molar-refractivity contribution >= 4 is 31.6 Å². The third-order valence-electron chi connectivity index (χ3n) is 4.11. The van der Waals surface area contributed by atoms with E-state index in [-0.39, 0.29) is 17.2 Å². The quantitative estimate of drug-likeness (QED) is 0.833. The number of nitrogens with two attached hydrogens (primary N) is 1. The molecule has 0 bridgehead atoms. The van der Waals surface area contributed by atoms with Crippen molar-refractivity contribution in [3.05, 3.63) is 34.1 Å². The van der Waals surface area contributed by atoms with Gasteiger partial charge >= 0.3 is 0 Å². The first-order valence-electron chi connectivity index (χ1n) is 6.24. The Bertz CT molecular complexity index is 728. The first-order chi connectivity index (χ1) is 9.20. The fourth-order valence-corrected chi connectivity index (χ4v) is 5.48. The number of rotatable bonds is 1. The minimum atomic E-state index is -3.42. The molecule has 7 heteroatoms. The highest BCUT2D eigenvalue weighted by Crippen LogP contribution is 2.50. The van der Waals surface area contributed by atoms with Crippen molar-refractivity contribution in [3.8, 4) is 0 Å². The van der Waals surface area contributed by atoms with E-state index in [1.165, 1.54) is 6.07 Å². The lowest BCUT2D eigenvalue weighted by atomic mass is 9.94. The highest BCUT2D eigenvalue weighted by molar-refractivity contribution is 9.10. The molecule has 1 spiro atoms. The molecule has 1 aliphatic carbocycles. The van der Waals surface area contributed by atoms with Crippen molar-refractivity contribution in [2.75, 3.05) is 5.75 Å². The maximum absolute atomic E-state index is 14.1. The highest BCUT2D eigenvalue weighted by Gasteiger charge is 2.62. The Morgan fingerprint density at radius 3 is 2.60 bits per heavy atom. The number of benzene rings is 1. The number of halogens is 2. The maximum atomic E-state index is 14.1. The van der Waals surface area contributed by atoms with Gasteiger partial charge in [0.25, 0.3) is 0 Å². The molecule has 1 atom stereocenters. The largest absolute Gasteiger partial charge is 0.386 e. The molecule has 0 aromatic heterocycles. The Morgan fingerprint density at radius 1 is 1.40 bits per heavy atom. The SMILES string of the molecule is CC1(c2cc(Br)ccc2F)CS(=O)(=O)C2(CC2)C(N)=N1. The van der Waals surface area contributed by atoms with Crippen LogP contribution in [0.5, 0.6) is 0 Å². The van der Waals surface area contributed by atoms with Gasteiger partial charge in [0.05, 0.1) is 5.75 Å². The standard InChI is InChI=1S/C13H14BrFN2O2S/c1-12(9-6-8(14)2-3-10(9)15)7-20(18,19)13(4-5-13)11(16)17-12/h2-3,6H,4-5,7H2,1H3,(H2,16,17). The maximum Gasteiger partial charge on any atom is 0.165 e. The van der Waals surface area contributed by atoms with Gasteiger partial charge in [-0.2, -0.15) is 0 Å². The minimum absolute atomic E-state index is 0.116. The number of hydrogen-bond acceptors (Lipinski definition) is 4. The number of sulfone groups is 1. The fourth-order valence-electron chi connectivity index (χ4n) is 2.80. The molecule has 1 aromatic carbocycles. The van der Waals surface area contributed by atoms with Crippen LogP contribution in [0.1, 0.15) is 25.3 Å². The summed E-state index contributed by atoms with van der Waals surface area (Å²) in [4.78, 5) is 4.35. The van der Waals surface area contributed by atoms with Gasteiger partial charge in [0.1, 0.15) is 21.9 Å². The zero-order chi connectivity index (χ0) is 14.8. The van der Waals surface area contributed by atoms with Crippen molar-refractivity contribution in [3.63, 3.8) is 0 Å². The summed E-state index contributed by atoms with van der Waals surface area (Å²) >= 11 is 3.27. The molecular formula is C13H14BrFN2O2S. The van der Waals surface area contributed by atoms with Gasteiger partial charge in [-0.3, -0.25) is 4.99 Å². The van der Waals surface area contributed by atoms with Gasteiger partial charge in [-0.25, -0.2) is 12.8 Å². The van der Waals surface area contributed by atoms with E-state index in [1.54, 1.807) is 19.1 Å². The number of hydrogen-bond donors (Lipinski definition) is 1. The van der Waals surface area contributed by atoms with E-state index in [0.29, 0.717) is 17.3 Å². The number of nitrogens with zero attached hydrogens (tertiary/aromatic N) is 1. The monoisotopic (exact) mass is 360 g/mol. The third kappa shape index (κ3) is 1.83. The molecule has 0 amide bonds. The number of aliphatic imine (C=N–C) groups is 1. The fraction of sp³-hybridized carbons (Fsp3) is 0.462. The van der Waals surface area contributed by atoms with Crippen LogP contribution in [0.2, 0.25) is 0 Å². The second kappa shape index (κ2) is 4.04. The molecule has 0 saturated heterocycles. The van der Waals surface area contributed by atoms with Crippen molar-refractivity contribution in [2.24, 2.45) is 10.7 Å². The van der Waals surface area contributed by atoms with Crippen molar-refractivity contribution in [1.82, 2.24) is 0 Å². The summed E-state index contributed by atoms with van der Waals surface area (Å²) < 4.78 is 38.7. The van der Waals surface area contributed by atoms with Gasteiger partial charge in [0, 0.05) is 10.0 Å². The molecule has 1 saturated carbocycles. The molecule has 2 aliphatic rings. The van der Waals surface area contributed by atoms with Crippen molar-refractivity contribution in [2.45, 2.75) is 30.1 Å². The highest BCUT2D eigenvalue weighted by atomic mass is 79.9. The summed E-state index contributed by atoms with van der Waals surface area (Å²) in [5.74, 6) is -0.575. The molecule has 20 heavy (non-hydrogen) atoms. The van der Waals surface area contributed by atoms with Crippen LogP contribution in [-0.2, 0) is 15.4 Å². The van der Waals surface area contributed by atoms with Crippen molar-refractivity contribution in [1.29, 1.82) is 0 Å². The lowest BCUT2D eigenvalue weighted by molar-refractivity contribution is 0.483. The summed E-state index contributed by atoms with van der Waals surface area (Å²) in [5, 5.41) is 0. The molecule has 4 nitrogen and oxygen atoms in total. The van der Waals surface area contributed by atoms with Gasteiger partial charge in [-0.15, -0.1) is 0 Å². The van der Waals surface area contributed by atoms with E-state index in [4.69, 9.17) is 5.73 Å². The Balaban J connectivity index is 2.19. The summed E-state index contributed by atoms with van der Waals surface area (Å²) in [6.07, 6.45) is 1.03. The molecule has 1 aliphatic heterocycles. The average Bonchev–Trinajstić information content (AvgIpc) is 3.11. The predicted octanol–water partition coefficient (Wildman–Crippen LogP) is 2.12. The van der Waals surface area contributed by atoms with E-state index in [1.807, 2.05) is 0 Å². The van der Waals surface area contributed by atoms with Gasteiger partial charge in [-0.1, -0.05) is 15.9 Å². The zero-order valence-electron chi connectivity index (χ0n) is 10.9. The van der Waals surface area contributed by atoms with Gasteiger partial charge in [0.15, 0.2) is 9.84 Å². The molecule has 3 rings (SSSR count). The molecule has 1 fully saturated rings. The van der Waals surface area contributed by atoms with Crippen LogP contribution in [0, 0.1) is 5.82 Å². The normalized spacial score (nSPS) is 30.1. The van der Waals surface area contributed by atoms with E-state index in [0.717, 1.165) is 0 Å². The zero-order valence-corrected chi connectivity index (χ0v) is 13.3. The Morgan fingerprint density at radius 2 is 2.05 bits per heavy atom. The summed E-state index contributed by atoms with van der Waals surface area (Å²) in [7, 11) is -3.42. The van der Waals surface area contributed by atoms with Crippen LogP contribution >= 0.6 is 15.9 Å². The number of amidine groups is 1. The smallest absolute Gasteiger partial charge is 0.165 e. The molecule has 1 unspecified atom stereocenters. The lowest BCUT2D eigenvalue weighted by Gasteiger charge is -2.34. The molecular weight excluding hydrogens is 347 g/mol. The van der Waals surface area contributed by atoms with E-state index in [2.05, 4.69) is 20.9 Å². The average molecular weight is 361 g/mol. The summed E-state index contributed by atoms with van der Waals surface area (Å²) in [6, 6.07) is 4.42. The van der Waals surface area contributed by atoms with E-state index < -0.39 is 25.9 Å². The molecule has 1 aromatic rings.